The SMILES string of the molecule is CCc1cc(N2CCCC(CN3CCOCC3)C2)nc(-c2ccncc2)n1. The van der Waals surface area contributed by atoms with Gasteiger partial charge in [0.1, 0.15) is 5.82 Å². The van der Waals surface area contributed by atoms with Crippen molar-refractivity contribution in [3.05, 3.63) is 36.3 Å². The maximum atomic E-state index is 5.49. The zero-order valence-corrected chi connectivity index (χ0v) is 16.2. The van der Waals surface area contributed by atoms with Crippen LogP contribution in [-0.4, -0.2) is 65.8 Å². The van der Waals surface area contributed by atoms with E-state index in [-0.39, 0.29) is 0 Å². The maximum Gasteiger partial charge on any atom is 0.161 e. The second kappa shape index (κ2) is 8.76. The van der Waals surface area contributed by atoms with Gasteiger partial charge in [-0.05, 0) is 37.3 Å². The van der Waals surface area contributed by atoms with E-state index in [0.29, 0.717) is 5.92 Å². The molecule has 0 N–H and O–H groups in total. The average Bonchev–Trinajstić information content (AvgIpc) is 2.75. The fourth-order valence-electron chi connectivity index (χ4n) is 4.03. The summed E-state index contributed by atoms with van der Waals surface area (Å²) in [5.74, 6) is 2.57. The molecule has 1 unspecified atom stereocenters. The lowest BCUT2D eigenvalue weighted by Gasteiger charge is -2.37. The van der Waals surface area contributed by atoms with Crippen LogP contribution in [0.2, 0.25) is 0 Å². The Bertz CT molecular complexity index is 733. The Kier molecular flexibility index (Phi) is 5.94. The van der Waals surface area contributed by atoms with E-state index in [1.807, 2.05) is 12.1 Å². The first-order chi connectivity index (χ1) is 13.3. The van der Waals surface area contributed by atoms with Crippen LogP contribution in [0.4, 0.5) is 5.82 Å². The molecule has 6 heteroatoms. The van der Waals surface area contributed by atoms with Gasteiger partial charge in [0.25, 0.3) is 0 Å². The molecule has 4 rings (SSSR count). The van der Waals surface area contributed by atoms with E-state index in [2.05, 4.69) is 27.8 Å². The first-order valence-corrected chi connectivity index (χ1v) is 10.1. The summed E-state index contributed by atoms with van der Waals surface area (Å²) in [5.41, 5.74) is 2.13. The molecule has 0 spiro atoms. The Morgan fingerprint density at radius 2 is 1.93 bits per heavy atom. The second-order valence-corrected chi connectivity index (χ2v) is 7.50. The lowest BCUT2D eigenvalue weighted by atomic mass is 9.97. The molecule has 0 aromatic carbocycles. The fourth-order valence-corrected chi connectivity index (χ4v) is 4.03. The van der Waals surface area contributed by atoms with Gasteiger partial charge in [-0.1, -0.05) is 6.92 Å². The van der Waals surface area contributed by atoms with Gasteiger partial charge in [0.15, 0.2) is 5.82 Å². The van der Waals surface area contributed by atoms with E-state index in [0.717, 1.165) is 68.7 Å². The summed E-state index contributed by atoms with van der Waals surface area (Å²) >= 11 is 0. The molecule has 6 nitrogen and oxygen atoms in total. The molecule has 1 atom stereocenters. The summed E-state index contributed by atoms with van der Waals surface area (Å²) < 4.78 is 5.49. The Morgan fingerprint density at radius 3 is 2.70 bits per heavy atom. The van der Waals surface area contributed by atoms with Crippen molar-refractivity contribution < 1.29 is 4.74 Å². The standard InChI is InChI=1S/C21H29N5O/c1-2-19-14-20(24-21(23-19)18-5-7-22-8-6-18)26-9-3-4-17(16-26)15-25-10-12-27-13-11-25/h5-8,14,17H,2-4,9-13,15-16H2,1H3. The van der Waals surface area contributed by atoms with Gasteiger partial charge in [-0.2, -0.15) is 0 Å². The Hall–Kier alpha value is -2.05. The molecule has 4 heterocycles. The van der Waals surface area contributed by atoms with Crippen molar-refractivity contribution >= 4 is 5.82 Å². The quantitative estimate of drug-likeness (QED) is 0.810. The van der Waals surface area contributed by atoms with Crippen LogP contribution < -0.4 is 4.90 Å². The van der Waals surface area contributed by atoms with Gasteiger partial charge in [-0.3, -0.25) is 9.88 Å². The van der Waals surface area contributed by atoms with Crippen LogP contribution in [0.15, 0.2) is 30.6 Å². The molecule has 0 amide bonds. The number of pyridine rings is 1. The van der Waals surface area contributed by atoms with Gasteiger partial charge in [0, 0.05) is 62.4 Å². The lowest BCUT2D eigenvalue weighted by Crippen LogP contribution is -2.44. The van der Waals surface area contributed by atoms with Crippen molar-refractivity contribution in [2.24, 2.45) is 5.92 Å². The fraction of sp³-hybridized carbons (Fsp3) is 0.571. The van der Waals surface area contributed by atoms with Crippen LogP contribution in [0.1, 0.15) is 25.5 Å². The molecule has 0 aliphatic carbocycles. The van der Waals surface area contributed by atoms with Crippen LogP contribution >= 0.6 is 0 Å². The number of piperidine rings is 1. The van der Waals surface area contributed by atoms with Crippen molar-refractivity contribution in [2.75, 3.05) is 50.8 Å². The maximum absolute atomic E-state index is 5.49. The second-order valence-electron chi connectivity index (χ2n) is 7.50. The van der Waals surface area contributed by atoms with Gasteiger partial charge in [-0.25, -0.2) is 9.97 Å². The Labute approximate surface area is 161 Å². The monoisotopic (exact) mass is 367 g/mol. The predicted molar refractivity (Wildman–Crippen MR) is 107 cm³/mol. The normalized spacial score (nSPS) is 21.4. The van der Waals surface area contributed by atoms with Gasteiger partial charge < -0.3 is 9.64 Å². The summed E-state index contributed by atoms with van der Waals surface area (Å²) in [4.78, 5) is 18.8. The minimum atomic E-state index is 0.696. The van der Waals surface area contributed by atoms with E-state index < -0.39 is 0 Å². The molecule has 0 radical (unpaired) electrons. The van der Waals surface area contributed by atoms with E-state index >= 15 is 0 Å². The third kappa shape index (κ3) is 4.62. The van der Waals surface area contributed by atoms with Gasteiger partial charge in [0.05, 0.1) is 13.2 Å². The number of hydrogen-bond donors (Lipinski definition) is 0. The topological polar surface area (TPSA) is 54.4 Å². The molecule has 0 saturated carbocycles. The minimum Gasteiger partial charge on any atom is -0.379 e. The average molecular weight is 367 g/mol. The third-order valence-corrected chi connectivity index (χ3v) is 5.53. The molecule has 2 saturated heterocycles. The Balaban J connectivity index is 1.51. The van der Waals surface area contributed by atoms with E-state index in [1.54, 1.807) is 12.4 Å². The van der Waals surface area contributed by atoms with Crippen LogP contribution in [0, 0.1) is 5.92 Å². The summed E-state index contributed by atoms with van der Waals surface area (Å²) in [5, 5.41) is 0. The van der Waals surface area contributed by atoms with Crippen molar-refractivity contribution in [1.29, 1.82) is 0 Å². The molecule has 2 aromatic rings. The number of aryl methyl sites for hydroxylation is 1. The highest BCUT2D eigenvalue weighted by molar-refractivity contribution is 5.57. The molecular weight excluding hydrogens is 338 g/mol. The van der Waals surface area contributed by atoms with E-state index in [4.69, 9.17) is 14.7 Å². The summed E-state index contributed by atoms with van der Waals surface area (Å²) in [7, 11) is 0. The number of nitrogens with zero attached hydrogens (tertiary/aromatic N) is 5. The van der Waals surface area contributed by atoms with Crippen LogP contribution in [0.3, 0.4) is 0 Å². The molecule has 2 aromatic heterocycles. The first-order valence-electron chi connectivity index (χ1n) is 10.1. The zero-order valence-electron chi connectivity index (χ0n) is 16.2. The summed E-state index contributed by atoms with van der Waals surface area (Å²) in [6.07, 6.45) is 7.05. The van der Waals surface area contributed by atoms with Crippen LogP contribution in [0.5, 0.6) is 0 Å². The molecule has 2 aliphatic heterocycles. The van der Waals surface area contributed by atoms with Crippen LogP contribution in [-0.2, 0) is 11.2 Å². The van der Waals surface area contributed by atoms with Gasteiger partial charge >= 0.3 is 0 Å². The molecular formula is C21H29N5O. The molecule has 27 heavy (non-hydrogen) atoms. The lowest BCUT2D eigenvalue weighted by molar-refractivity contribution is 0.0296. The van der Waals surface area contributed by atoms with Crippen molar-refractivity contribution in [1.82, 2.24) is 19.9 Å². The smallest absolute Gasteiger partial charge is 0.161 e. The molecule has 0 bridgehead atoms. The molecule has 144 valence electrons. The predicted octanol–water partition coefficient (Wildman–Crippen LogP) is 2.65. The number of anilines is 1. The highest BCUT2D eigenvalue weighted by atomic mass is 16.5. The molecule has 2 aliphatic rings. The highest BCUT2D eigenvalue weighted by Crippen LogP contribution is 2.25. The number of aromatic nitrogens is 3. The van der Waals surface area contributed by atoms with Crippen molar-refractivity contribution in [3.63, 3.8) is 0 Å². The molecule has 2 fully saturated rings. The number of ether oxygens (including phenoxy) is 1. The van der Waals surface area contributed by atoms with Crippen molar-refractivity contribution in [2.45, 2.75) is 26.2 Å². The minimum absolute atomic E-state index is 0.696. The van der Waals surface area contributed by atoms with Crippen molar-refractivity contribution in [3.8, 4) is 11.4 Å². The van der Waals surface area contributed by atoms with E-state index in [1.165, 1.54) is 19.4 Å². The summed E-state index contributed by atoms with van der Waals surface area (Å²) in [6, 6.07) is 6.13. The van der Waals surface area contributed by atoms with Crippen LogP contribution in [0.25, 0.3) is 11.4 Å². The highest BCUT2D eigenvalue weighted by Gasteiger charge is 2.24. The Morgan fingerprint density at radius 1 is 1.11 bits per heavy atom. The number of hydrogen-bond acceptors (Lipinski definition) is 6. The number of morpholine rings is 1. The number of rotatable bonds is 5. The van der Waals surface area contributed by atoms with E-state index in [9.17, 15) is 0 Å². The van der Waals surface area contributed by atoms with Gasteiger partial charge in [-0.15, -0.1) is 0 Å². The zero-order chi connectivity index (χ0) is 18.5. The summed E-state index contributed by atoms with van der Waals surface area (Å²) in [6.45, 7) is 9.35. The first kappa shape index (κ1) is 18.3. The van der Waals surface area contributed by atoms with Gasteiger partial charge in [0.2, 0.25) is 0 Å². The largest absolute Gasteiger partial charge is 0.379 e. The third-order valence-electron chi connectivity index (χ3n) is 5.53.